The molecule has 0 amide bonds. The molecule has 0 aliphatic heterocycles. The molecule has 11 nitrogen and oxygen atoms in total. The number of esters is 2. The Morgan fingerprint density at radius 3 is 1.56 bits per heavy atom. The van der Waals surface area contributed by atoms with Crippen LogP contribution >= 0.6 is 7.82 Å². The summed E-state index contributed by atoms with van der Waals surface area (Å²) >= 11 is 0. The Bertz CT molecular complexity index is 1030. The van der Waals surface area contributed by atoms with Crippen molar-refractivity contribution in [2.24, 2.45) is 5.73 Å². The van der Waals surface area contributed by atoms with Crippen LogP contribution in [0.3, 0.4) is 0 Å². The van der Waals surface area contributed by atoms with E-state index in [-0.39, 0.29) is 19.4 Å². The quantitative estimate of drug-likeness (QED) is 0.0238. The first-order chi connectivity index (χ1) is 25.1. The van der Waals surface area contributed by atoms with Crippen molar-refractivity contribution in [1.82, 2.24) is 0 Å². The van der Waals surface area contributed by atoms with Crippen molar-refractivity contribution in [2.45, 2.75) is 180 Å². The predicted molar refractivity (Wildman–Crippen MR) is 208 cm³/mol. The van der Waals surface area contributed by atoms with Crippen LogP contribution in [0.5, 0.6) is 0 Å². The maximum absolute atomic E-state index is 12.5. The third kappa shape index (κ3) is 34.8. The molecule has 0 aliphatic rings. The van der Waals surface area contributed by atoms with Crippen molar-refractivity contribution >= 4 is 25.7 Å². The van der Waals surface area contributed by atoms with Crippen LogP contribution in [0.2, 0.25) is 0 Å². The number of phosphoric acid groups is 1. The molecule has 0 aromatic rings. The van der Waals surface area contributed by atoms with Gasteiger partial charge in [-0.05, 0) is 51.4 Å². The minimum Gasteiger partial charge on any atom is -0.480 e. The highest BCUT2D eigenvalue weighted by Crippen LogP contribution is 2.43. The molecule has 0 aromatic heterocycles. The lowest BCUT2D eigenvalue weighted by atomic mass is 10.1. The van der Waals surface area contributed by atoms with Crippen LogP contribution in [0, 0.1) is 0 Å². The van der Waals surface area contributed by atoms with Gasteiger partial charge in [-0.2, -0.15) is 0 Å². The first-order valence-electron chi connectivity index (χ1n) is 20.0. The van der Waals surface area contributed by atoms with Crippen LogP contribution < -0.4 is 5.73 Å². The molecule has 0 saturated heterocycles. The number of carboxylic acid groups (broad SMARTS) is 1. The highest BCUT2D eigenvalue weighted by molar-refractivity contribution is 7.47. The second-order valence-electron chi connectivity index (χ2n) is 13.4. The van der Waals surface area contributed by atoms with Crippen molar-refractivity contribution < 1.29 is 47.5 Å². The minimum absolute atomic E-state index is 0.158. The average Bonchev–Trinajstić information content (AvgIpc) is 3.12. The lowest BCUT2D eigenvalue weighted by Gasteiger charge is -2.20. The largest absolute Gasteiger partial charge is 0.480 e. The number of hydrogen-bond acceptors (Lipinski definition) is 9. The summed E-state index contributed by atoms with van der Waals surface area (Å²) in [4.78, 5) is 45.8. The van der Waals surface area contributed by atoms with Gasteiger partial charge in [-0.15, -0.1) is 0 Å². The van der Waals surface area contributed by atoms with E-state index in [9.17, 15) is 23.8 Å². The second kappa shape index (κ2) is 35.7. The number of carbonyl (C=O) groups excluding carboxylic acids is 2. The van der Waals surface area contributed by atoms with Gasteiger partial charge >= 0.3 is 25.7 Å². The molecule has 0 saturated carbocycles. The molecule has 0 aromatic carbocycles. The predicted octanol–water partition coefficient (Wildman–Crippen LogP) is 10.1. The summed E-state index contributed by atoms with van der Waals surface area (Å²) in [5.41, 5.74) is 5.32. The van der Waals surface area contributed by atoms with Gasteiger partial charge in [0.15, 0.2) is 6.10 Å². The Labute approximate surface area is 314 Å². The fraction of sp³-hybridized carbons (Fsp3) is 0.775. The Morgan fingerprint density at radius 2 is 1.02 bits per heavy atom. The van der Waals surface area contributed by atoms with Gasteiger partial charge < -0.3 is 25.2 Å². The van der Waals surface area contributed by atoms with Crippen LogP contribution in [-0.4, -0.2) is 59.9 Å². The van der Waals surface area contributed by atoms with Gasteiger partial charge in [0, 0.05) is 12.8 Å². The topological polar surface area (TPSA) is 172 Å². The Morgan fingerprint density at radius 1 is 0.596 bits per heavy atom. The summed E-state index contributed by atoms with van der Waals surface area (Å²) in [6.45, 7) is 2.73. The zero-order chi connectivity index (χ0) is 38.5. The van der Waals surface area contributed by atoms with Crippen molar-refractivity contribution in [3.63, 3.8) is 0 Å². The third-order valence-electron chi connectivity index (χ3n) is 8.39. The molecule has 0 bridgehead atoms. The zero-order valence-corrected chi connectivity index (χ0v) is 33.3. The summed E-state index contributed by atoms with van der Waals surface area (Å²) in [7, 11) is -4.71. The highest BCUT2D eigenvalue weighted by Gasteiger charge is 2.28. The number of ether oxygens (including phenoxy) is 2. The Hall–Kier alpha value is -2.30. The monoisotopic (exact) mass is 757 g/mol. The number of hydrogen-bond donors (Lipinski definition) is 3. The van der Waals surface area contributed by atoms with E-state index >= 15 is 0 Å². The van der Waals surface area contributed by atoms with Crippen molar-refractivity contribution in [3.05, 3.63) is 36.5 Å². The Balaban J connectivity index is 4.43. The normalized spacial score (nSPS) is 14.2. The molecular formula is C40H72NO10P. The lowest BCUT2D eigenvalue weighted by Crippen LogP contribution is -2.34. The van der Waals surface area contributed by atoms with Crippen LogP contribution in [-0.2, 0) is 37.5 Å². The fourth-order valence-electron chi connectivity index (χ4n) is 5.19. The molecule has 302 valence electrons. The number of carbonyl (C=O) groups is 3. The van der Waals surface area contributed by atoms with Crippen LogP contribution in [0.1, 0.15) is 168 Å². The maximum atomic E-state index is 12.5. The van der Waals surface area contributed by atoms with Crippen LogP contribution in [0.4, 0.5) is 0 Å². The fourth-order valence-corrected chi connectivity index (χ4v) is 5.97. The summed E-state index contributed by atoms with van der Waals surface area (Å²) < 4.78 is 32.6. The maximum Gasteiger partial charge on any atom is 0.472 e. The second-order valence-corrected chi connectivity index (χ2v) is 14.9. The van der Waals surface area contributed by atoms with E-state index in [0.717, 1.165) is 57.8 Å². The van der Waals surface area contributed by atoms with Crippen molar-refractivity contribution in [2.75, 3.05) is 19.8 Å². The molecule has 0 heterocycles. The lowest BCUT2D eigenvalue weighted by molar-refractivity contribution is -0.161. The molecule has 12 heteroatoms. The average molecular weight is 758 g/mol. The molecule has 4 N–H and O–H groups in total. The van der Waals surface area contributed by atoms with E-state index < -0.39 is 51.1 Å². The number of unbranched alkanes of at least 4 members (excludes halogenated alkanes) is 17. The number of nitrogens with two attached hydrogens (primary N) is 1. The smallest absolute Gasteiger partial charge is 0.472 e. The van der Waals surface area contributed by atoms with Crippen molar-refractivity contribution in [3.8, 4) is 0 Å². The molecule has 0 fully saturated rings. The summed E-state index contributed by atoms with van der Waals surface area (Å²) in [6, 6.07) is -1.52. The van der Waals surface area contributed by atoms with Gasteiger partial charge in [0.1, 0.15) is 12.6 Å². The van der Waals surface area contributed by atoms with E-state index in [1.807, 2.05) is 0 Å². The molecule has 0 aliphatic carbocycles. The first kappa shape index (κ1) is 49.7. The first-order valence-corrected chi connectivity index (χ1v) is 21.5. The SMILES string of the molecule is CCCCCC=CCC=CCC=CCCCCCCC(=O)OCC(COP(=O)(O)OCC(N)C(=O)O)OC(=O)CCCCCCCCCCCCC. The van der Waals surface area contributed by atoms with E-state index in [2.05, 4.69) is 54.8 Å². The number of carboxylic acids is 1. The van der Waals surface area contributed by atoms with E-state index in [4.69, 9.17) is 24.8 Å². The zero-order valence-electron chi connectivity index (χ0n) is 32.4. The number of rotatable bonds is 37. The molecule has 3 unspecified atom stereocenters. The standard InChI is InChI=1S/C40H72NO10P/c1-3-5-7-9-11-13-15-16-17-18-19-20-22-23-25-27-29-31-38(42)48-33-36(34-49-52(46,47)50-35-37(41)40(44)45)51-39(43)32-30-28-26-24-21-14-12-10-8-6-4-2/h11,13,16-17,19-20,36-37H,3-10,12,14-15,18,21-35,41H2,1-2H3,(H,44,45)(H,46,47). The molecule has 52 heavy (non-hydrogen) atoms. The molecule has 0 radical (unpaired) electrons. The molecule has 3 atom stereocenters. The van der Waals surface area contributed by atoms with Crippen LogP contribution in [0.15, 0.2) is 36.5 Å². The third-order valence-corrected chi connectivity index (χ3v) is 9.34. The number of phosphoric ester groups is 1. The molecule has 0 rings (SSSR count). The minimum atomic E-state index is -4.71. The highest BCUT2D eigenvalue weighted by atomic mass is 31.2. The Kier molecular flexibility index (Phi) is 34.1. The van der Waals surface area contributed by atoms with Gasteiger partial charge in [-0.3, -0.25) is 23.4 Å². The number of allylic oxidation sites excluding steroid dienone is 6. The summed E-state index contributed by atoms with van der Waals surface area (Å²) in [5, 5.41) is 8.86. The van der Waals surface area contributed by atoms with Gasteiger partial charge in [0.25, 0.3) is 0 Å². The van der Waals surface area contributed by atoms with E-state index in [1.165, 1.54) is 70.6 Å². The molecule has 0 spiro atoms. The van der Waals surface area contributed by atoms with Gasteiger partial charge in [-0.1, -0.05) is 140 Å². The van der Waals surface area contributed by atoms with Crippen LogP contribution in [0.25, 0.3) is 0 Å². The molecular weight excluding hydrogens is 685 g/mol. The van der Waals surface area contributed by atoms with Gasteiger partial charge in [-0.25, -0.2) is 4.57 Å². The van der Waals surface area contributed by atoms with Gasteiger partial charge in [0.2, 0.25) is 0 Å². The van der Waals surface area contributed by atoms with E-state index in [1.54, 1.807) is 0 Å². The van der Waals surface area contributed by atoms with E-state index in [0.29, 0.717) is 12.8 Å². The summed E-state index contributed by atoms with van der Waals surface area (Å²) in [5.74, 6) is -2.41. The van der Waals surface area contributed by atoms with Crippen molar-refractivity contribution in [1.29, 1.82) is 0 Å². The number of aliphatic carboxylic acids is 1. The summed E-state index contributed by atoms with van der Waals surface area (Å²) in [6.07, 6.45) is 36.4. The van der Waals surface area contributed by atoms with Gasteiger partial charge in [0.05, 0.1) is 13.2 Å².